The molecule has 3 nitrogen and oxygen atoms in total. The highest BCUT2D eigenvalue weighted by molar-refractivity contribution is 5.92. The van der Waals surface area contributed by atoms with Crippen molar-refractivity contribution in [3.8, 4) is 0 Å². The van der Waals surface area contributed by atoms with Crippen LogP contribution in [0.5, 0.6) is 0 Å². The largest absolute Gasteiger partial charge is 0.399 e. The van der Waals surface area contributed by atoms with Gasteiger partial charge in [0, 0.05) is 11.4 Å². The molecule has 0 aliphatic rings. The van der Waals surface area contributed by atoms with Gasteiger partial charge >= 0.3 is 0 Å². The molecule has 0 saturated heterocycles. The Morgan fingerprint density at radius 2 is 1.89 bits per heavy atom. The van der Waals surface area contributed by atoms with Crippen LogP contribution in [-0.4, -0.2) is 5.91 Å². The molecule has 0 aliphatic carbocycles. The van der Waals surface area contributed by atoms with E-state index in [0.717, 1.165) is 12.1 Å². The Hall–Kier alpha value is -2.43. The summed E-state index contributed by atoms with van der Waals surface area (Å²) >= 11 is 0. The van der Waals surface area contributed by atoms with Crippen molar-refractivity contribution >= 4 is 17.3 Å². The summed E-state index contributed by atoms with van der Waals surface area (Å²) in [4.78, 5) is 11.7. The summed E-state index contributed by atoms with van der Waals surface area (Å²) in [6.07, 6.45) is -0.0357. The summed E-state index contributed by atoms with van der Waals surface area (Å²) in [5, 5.41) is 2.63. The van der Waals surface area contributed by atoms with Crippen LogP contribution in [0.2, 0.25) is 0 Å². The van der Waals surface area contributed by atoms with E-state index in [9.17, 15) is 13.6 Å². The van der Waals surface area contributed by atoms with E-state index in [1.807, 2.05) is 0 Å². The second-order valence-corrected chi connectivity index (χ2v) is 4.10. The molecule has 0 fully saturated rings. The van der Waals surface area contributed by atoms with Gasteiger partial charge in [0.2, 0.25) is 5.91 Å². The number of anilines is 2. The van der Waals surface area contributed by atoms with Crippen molar-refractivity contribution in [3.05, 3.63) is 59.7 Å². The van der Waals surface area contributed by atoms with Crippen molar-refractivity contribution < 1.29 is 13.6 Å². The molecule has 0 bridgehead atoms. The van der Waals surface area contributed by atoms with Gasteiger partial charge in [-0.15, -0.1) is 0 Å². The van der Waals surface area contributed by atoms with Gasteiger partial charge in [0.05, 0.1) is 6.42 Å². The number of hydrogen-bond donors (Lipinski definition) is 2. The molecular weight excluding hydrogens is 250 g/mol. The molecule has 0 radical (unpaired) electrons. The van der Waals surface area contributed by atoms with Crippen molar-refractivity contribution in [1.29, 1.82) is 0 Å². The first-order chi connectivity index (χ1) is 9.04. The number of nitrogens with two attached hydrogens (primary N) is 1. The molecule has 0 atom stereocenters. The van der Waals surface area contributed by atoms with Gasteiger partial charge in [0.15, 0.2) is 11.6 Å². The highest BCUT2D eigenvalue weighted by atomic mass is 19.2. The predicted octanol–water partition coefficient (Wildman–Crippen LogP) is 2.73. The zero-order valence-electron chi connectivity index (χ0n) is 9.99. The standard InChI is InChI=1S/C14H12F2N2O/c15-12-5-4-9(6-13(12)16)7-14(19)18-11-3-1-2-10(17)8-11/h1-6,8H,7,17H2,(H,18,19). The molecule has 1 amide bonds. The van der Waals surface area contributed by atoms with Gasteiger partial charge in [0.1, 0.15) is 0 Å². The average Bonchev–Trinajstić information content (AvgIpc) is 2.34. The lowest BCUT2D eigenvalue weighted by molar-refractivity contribution is -0.115. The molecule has 5 heteroatoms. The summed E-state index contributed by atoms with van der Waals surface area (Å²) in [6.45, 7) is 0. The lowest BCUT2D eigenvalue weighted by atomic mass is 10.1. The van der Waals surface area contributed by atoms with Crippen molar-refractivity contribution in [2.45, 2.75) is 6.42 Å². The molecular formula is C14H12F2N2O. The van der Waals surface area contributed by atoms with Gasteiger partial charge in [-0.3, -0.25) is 4.79 Å². The van der Waals surface area contributed by atoms with Crippen LogP contribution < -0.4 is 11.1 Å². The number of hydrogen-bond acceptors (Lipinski definition) is 2. The van der Waals surface area contributed by atoms with Crippen LogP contribution in [0.25, 0.3) is 0 Å². The number of nitrogen functional groups attached to an aromatic ring is 1. The SMILES string of the molecule is Nc1cccc(NC(=O)Cc2ccc(F)c(F)c2)c1. The minimum absolute atomic E-state index is 0.0357. The maximum absolute atomic E-state index is 13.0. The highest BCUT2D eigenvalue weighted by Crippen LogP contribution is 2.13. The number of rotatable bonds is 3. The number of nitrogens with one attached hydrogen (secondary N) is 1. The minimum atomic E-state index is -0.964. The third-order valence-corrected chi connectivity index (χ3v) is 2.52. The molecule has 0 aromatic heterocycles. The maximum atomic E-state index is 13.0. The molecule has 98 valence electrons. The fraction of sp³-hybridized carbons (Fsp3) is 0.0714. The fourth-order valence-electron chi connectivity index (χ4n) is 1.66. The molecule has 0 spiro atoms. The maximum Gasteiger partial charge on any atom is 0.228 e. The Kier molecular flexibility index (Phi) is 3.75. The van der Waals surface area contributed by atoms with Crippen LogP contribution in [0.15, 0.2) is 42.5 Å². The topological polar surface area (TPSA) is 55.1 Å². The van der Waals surface area contributed by atoms with E-state index >= 15 is 0 Å². The fourth-order valence-corrected chi connectivity index (χ4v) is 1.66. The first-order valence-corrected chi connectivity index (χ1v) is 5.64. The summed E-state index contributed by atoms with van der Waals surface area (Å²) in [5.41, 5.74) is 7.08. The van der Waals surface area contributed by atoms with E-state index in [4.69, 9.17) is 5.73 Å². The molecule has 19 heavy (non-hydrogen) atoms. The van der Waals surface area contributed by atoms with Crippen molar-refractivity contribution in [3.63, 3.8) is 0 Å². The third-order valence-electron chi connectivity index (χ3n) is 2.52. The summed E-state index contributed by atoms with van der Waals surface area (Å²) < 4.78 is 25.7. The lowest BCUT2D eigenvalue weighted by Gasteiger charge is -2.06. The number of carbonyl (C=O) groups excluding carboxylic acids is 1. The zero-order valence-corrected chi connectivity index (χ0v) is 9.99. The van der Waals surface area contributed by atoms with Gasteiger partial charge in [-0.25, -0.2) is 8.78 Å². The normalized spacial score (nSPS) is 10.2. The second kappa shape index (κ2) is 5.48. The van der Waals surface area contributed by atoms with E-state index in [2.05, 4.69) is 5.32 Å². The summed E-state index contributed by atoms with van der Waals surface area (Å²) in [5.74, 6) is -2.22. The molecule has 2 aromatic carbocycles. The van der Waals surface area contributed by atoms with Crippen LogP contribution in [0, 0.1) is 11.6 Å². The van der Waals surface area contributed by atoms with Crippen molar-refractivity contribution in [2.24, 2.45) is 0 Å². The van der Waals surface area contributed by atoms with E-state index in [1.54, 1.807) is 24.3 Å². The van der Waals surface area contributed by atoms with E-state index in [-0.39, 0.29) is 12.3 Å². The van der Waals surface area contributed by atoms with Gasteiger partial charge in [0.25, 0.3) is 0 Å². The Bertz CT molecular complexity index is 614. The van der Waals surface area contributed by atoms with Crippen LogP contribution in [0.3, 0.4) is 0 Å². The quantitative estimate of drug-likeness (QED) is 0.836. The average molecular weight is 262 g/mol. The molecule has 0 unspecified atom stereocenters. The molecule has 0 saturated carbocycles. The second-order valence-electron chi connectivity index (χ2n) is 4.10. The van der Waals surface area contributed by atoms with Gasteiger partial charge < -0.3 is 11.1 Å². The Labute approximate surface area is 109 Å². The van der Waals surface area contributed by atoms with Crippen molar-refractivity contribution in [2.75, 3.05) is 11.1 Å². The smallest absolute Gasteiger partial charge is 0.228 e. The molecule has 2 rings (SSSR count). The Morgan fingerprint density at radius 1 is 1.11 bits per heavy atom. The van der Waals surface area contributed by atoms with Crippen LogP contribution in [-0.2, 0) is 11.2 Å². The molecule has 0 heterocycles. The molecule has 3 N–H and O–H groups in total. The number of amides is 1. The number of benzene rings is 2. The minimum Gasteiger partial charge on any atom is -0.399 e. The van der Waals surface area contributed by atoms with E-state index < -0.39 is 11.6 Å². The first-order valence-electron chi connectivity index (χ1n) is 5.64. The zero-order chi connectivity index (χ0) is 13.8. The van der Waals surface area contributed by atoms with Crippen LogP contribution in [0.4, 0.5) is 20.2 Å². The monoisotopic (exact) mass is 262 g/mol. The lowest BCUT2D eigenvalue weighted by Crippen LogP contribution is -2.14. The number of halogens is 2. The first kappa shape index (κ1) is 13.0. The summed E-state index contributed by atoms with van der Waals surface area (Å²) in [7, 11) is 0. The van der Waals surface area contributed by atoms with Crippen molar-refractivity contribution in [1.82, 2.24) is 0 Å². The Morgan fingerprint density at radius 3 is 2.58 bits per heavy atom. The van der Waals surface area contributed by atoms with Gasteiger partial charge in [-0.2, -0.15) is 0 Å². The Balaban J connectivity index is 2.03. The van der Waals surface area contributed by atoms with Gasteiger partial charge in [-0.05, 0) is 35.9 Å². The van der Waals surface area contributed by atoms with Crippen LogP contribution >= 0.6 is 0 Å². The number of carbonyl (C=O) groups is 1. The summed E-state index contributed by atoms with van der Waals surface area (Å²) in [6, 6.07) is 10.1. The molecule has 2 aromatic rings. The van der Waals surface area contributed by atoms with Crippen LogP contribution in [0.1, 0.15) is 5.56 Å². The molecule has 0 aliphatic heterocycles. The third kappa shape index (κ3) is 3.51. The predicted molar refractivity (Wildman–Crippen MR) is 69.5 cm³/mol. The van der Waals surface area contributed by atoms with E-state index in [0.29, 0.717) is 16.9 Å². The van der Waals surface area contributed by atoms with E-state index in [1.165, 1.54) is 6.07 Å². The van der Waals surface area contributed by atoms with Gasteiger partial charge in [-0.1, -0.05) is 12.1 Å². The highest BCUT2D eigenvalue weighted by Gasteiger charge is 2.07.